The Morgan fingerprint density at radius 1 is 1.00 bits per heavy atom. The average molecular weight is 213 g/mol. The largest absolute Gasteiger partial charge is 0.300 e. The molecule has 0 heterocycles. The Morgan fingerprint density at radius 2 is 1.56 bits per heavy atom. The van der Waals surface area contributed by atoms with Gasteiger partial charge in [-0.25, -0.2) is 0 Å². The summed E-state index contributed by atoms with van der Waals surface area (Å²) in [5.74, 6) is 0. The van der Waals surface area contributed by atoms with Crippen molar-refractivity contribution in [2.24, 2.45) is 0 Å². The van der Waals surface area contributed by atoms with E-state index in [2.05, 4.69) is 19.9 Å². The normalized spacial score (nSPS) is 13.4. The molecule has 0 amide bonds. The molecule has 0 saturated carbocycles. The standard InChI is InChI=1S/C15H19N/c1-5-11(2)12(3)13(4)15(16)14-9-7-6-8-10-14/h5-10,16H,1-4H3/b11-5?,13-12+,16-15?. The highest BCUT2D eigenvalue weighted by atomic mass is 14.4. The summed E-state index contributed by atoms with van der Waals surface area (Å²) >= 11 is 0. The molecule has 0 aliphatic rings. The summed E-state index contributed by atoms with van der Waals surface area (Å²) in [6.45, 7) is 8.19. The van der Waals surface area contributed by atoms with Crippen LogP contribution >= 0.6 is 0 Å². The number of hydrogen-bond donors (Lipinski definition) is 1. The van der Waals surface area contributed by atoms with Gasteiger partial charge in [-0.3, -0.25) is 5.41 Å². The average Bonchev–Trinajstić information content (AvgIpc) is 2.36. The third-order valence-electron chi connectivity index (χ3n) is 3.02. The Bertz CT molecular complexity index is 436. The first kappa shape index (κ1) is 12.4. The first-order valence-corrected chi connectivity index (χ1v) is 5.53. The molecule has 1 aromatic rings. The van der Waals surface area contributed by atoms with Gasteiger partial charge in [0, 0.05) is 0 Å². The van der Waals surface area contributed by atoms with E-state index in [0.717, 1.165) is 11.1 Å². The lowest BCUT2D eigenvalue weighted by atomic mass is 9.96. The van der Waals surface area contributed by atoms with Gasteiger partial charge in [0.1, 0.15) is 0 Å². The van der Waals surface area contributed by atoms with Crippen LogP contribution in [0.2, 0.25) is 0 Å². The highest BCUT2D eigenvalue weighted by molar-refractivity contribution is 6.10. The highest BCUT2D eigenvalue weighted by Crippen LogP contribution is 2.17. The van der Waals surface area contributed by atoms with E-state index in [1.165, 1.54) is 11.1 Å². The molecule has 0 aliphatic carbocycles. The van der Waals surface area contributed by atoms with Gasteiger partial charge in [0.05, 0.1) is 5.71 Å². The van der Waals surface area contributed by atoms with E-state index in [0.29, 0.717) is 5.71 Å². The van der Waals surface area contributed by atoms with E-state index in [1.807, 2.05) is 44.2 Å². The second-order valence-electron chi connectivity index (χ2n) is 3.96. The van der Waals surface area contributed by atoms with Crippen LogP contribution < -0.4 is 0 Å². The van der Waals surface area contributed by atoms with Crippen molar-refractivity contribution in [1.82, 2.24) is 0 Å². The van der Waals surface area contributed by atoms with Crippen LogP contribution in [0, 0.1) is 5.41 Å². The molecule has 84 valence electrons. The predicted octanol–water partition coefficient (Wildman–Crippen LogP) is 4.36. The molecule has 0 saturated heterocycles. The van der Waals surface area contributed by atoms with Gasteiger partial charge in [0.25, 0.3) is 0 Å². The summed E-state index contributed by atoms with van der Waals surface area (Å²) in [4.78, 5) is 0. The summed E-state index contributed by atoms with van der Waals surface area (Å²) in [6.07, 6.45) is 2.08. The first-order chi connectivity index (χ1) is 7.57. The van der Waals surface area contributed by atoms with Crippen molar-refractivity contribution in [2.45, 2.75) is 27.7 Å². The minimum absolute atomic E-state index is 0.610. The maximum atomic E-state index is 8.15. The number of nitrogens with one attached hydrogen (secondary N) is 1. The molecule has 0 spiro atoms. The summed E-state index contributed by atoms with van der Waals surface area (Å²) < 4.78 is 0. The van der Waals surface area contributed by atoms with Gasteiger partial charge in [0.2, 0.25) is 0 Å². The van der Waals surface area contributed by atoms with E-state index in [4.69, 9.17) is 5.41 Å². The topological polar surface area (TPSA) is 23.9 Å². The molecule has 0 aromatic heterocycles. The van der Waals surface area contributed by atoms with Crippen LogP contribution in [0.3, 0.4) is 0 Å². The van der Waals surface area contributed by atoms with Gasteiger partial charge >= 0.3 is 0 Å². The summed E-state index contributed by atoms with van der Waals surface area (Å²) in [7, 11) is 0. The molecule has 0 aliphatic heterocycles. The van der Waals surface area contributed by atoms with Crippen LogP contribution in [-0.2, 0) is 0 Å². The van der Waals surface area contributed by atoms with Gasteiger partial charge < -0.3 is 0 Å². The zero-order valence-electron chi connectivity index (χ0n) is 10.5. The molecule has 1 aromatic carbocycles. The fourth-order valence-corrected chi connectivity index (χ4v) is 1.52. The molecular weight excluding hydrogens is 194 g/mol. The quantitative estimate of drug-likeness (QED) is 0.570. The lowest BCUT2D eigenvalue weighted by Gasteiger charge is -2.10. The van der Waals surface area contributed by atoms with Gasteiger partial charge in [-0.05, 0) is 44.4 Å². The van der Waals surface area contributed by atoms with Crippen LogP contribution in [0.5, 0.6) is 0 Å². The van der Waals surface area contributed by atoms with Crippen LogP contribution in [0.25, 0.3) is 0 Å². The molecule has 0 radical (unpaired) electrons. The first-order valence-electron chi connectivity index (χ1n) is 5.53. The Morgan fingerprint density at radius 3 is 2.06 bits per heavy atom. The smallest absolute Gasteiger partial charge is 0.0644 e. The molecule has 1 heteroatoms. The van der Waals surface area contributed by atoms with Crippen LogP contribution in [0.1, 0.15) is 33.3 Å². The SMILES string of the molecule is CC=C(C)/C(C)=C(\C)C(=N)c1ccccc1. The second-order valence-corrected chi connectivity index (χ2v) is 3.96. The second kappa shape index (κ2) is 5.45. The molecule has 1 rings (SSSR count). The maximum Gasteiger partial charge on any atom is 0.0644 e. The van der Waals surface area contributed by atoms with Crippen molar-refractivity contribution < 1.29 is 0 Å². The van der Waals surface area contributed by atoms with Gasteiger partial charge in [-0.15, -0.1) is 0 Å². The van der Waals surface area contributed by atoms with Crippen molar-refractivity contribution in [3.05, 3.63) is 58.7 Å². The lowest BCUT2D eigenvalue weighted by molar-refractivity contribution is 1.27. The van der Waals surface area contributed by atoms with E-state index >= 15 is 0 Å². The van der Waals surface area contributed by atoms with Gasteiger partial charge in [-0.1, -0.05) is 42.0 Å². The van der Waals surface area contributed by atoms with Crippen LogP contribution in [-0.4, -0.2) is 5.71 Å². The van der Waals surface area contributed by atoms with E-state index in [1.54, 1.807) is 0 Å². The van der Waals surface area contributed by atoms with Gasteiger partial charge in [-0.2, -0.15) is 0 Å². The van der Waals surface area contributed by atoms with E-state index in [-0.39, 0.29) is 0 Å². The number of rotatable bonds is 3. The minimum atomic E-state index is 0.610. The van der Waals surface area contributed by atoms with Crippen molar-refractivity contribution in [3.8, 4) is 0 Å². The lowest BCUT2D eigenvalue weighted by Crippen LogP contribution is -2.03. The molecule has 1 nitrogen and oxygen atoms in total. The maximum absolute atomic E-state index is 8.15. The molecule has 0 bridgehead atoms. The number of hydrogen-bond acceptors (Lipinski definition) is 1. The molecule has 0 unspecified atom stereocenters. The Kier molecular flexibility index (Phi) is 4.24. The predicted molar refractivity (Wildman–Crippen MR) is 71.1 cm³/mol. The van der Waals surface area contributed by atoms with E-state index in [9.17, 15) is 0 Å². The molecule has 0 atom stereocenters. The van der Waals surface area contributed by atoms with Crippen molar-refractivity contribution in [1.29, 1.82) is 5.41 Å². The fourth-order valence-electron chi connectivity index (χ4n) is 1.52. The monoisotopic (exact) mass is 213 g/mol. The third-order valence-corrected chi connectivity index (χ3v) is 3.02. The zero-order chi connectivity index (χ0) is 12.1. The summed E-state index contributed by atoms with van der Waals surface area (Å²) in [6, 6.07) is 9.86. The molecular formula is C15H19N. The fraction of sp³-hybridized carbons (Fsp3) is 0.267. The van der Waals surface area contributed by atoms with Crippen molar-refractivity contribution >= 4 is 5.71 Å². The minimum Gasteiger partial charge on any atom is -0.300 e. The summed E-state index contributed by atoms with van der Waals surface area (Å²) in [5, 5.41) is 8.15. The molecule has 0 fully saturated rings. The Labute approximate surface area is 98.0 Å². The van der Waals surface area contributed by atoms with Crippen molar-refractivity contribution in [2.75, 3.05) is 0 Å². The van der Waals surface area contributed by atoms with Gasteiger partial charge in [0.15, 0.2) is 0 Å². The number of allylic oxidation sites excluding steroid dienone is 4. The van der Waals surface area contributed by atoms with Crippen LogP contribution in [0.15, 0.2) is 53.1 Å². The Hall–Kier alpha value is -1.63. The molecule has 1 N–H and O–H groups in total. The highest BCUT2D eigenvalue weighted by Gasteiger charge is 2.06. The Balaban J connectivity index is 3.09. The third kappa shape index (κ3) is 2.69. The van der Waals surface area contributed by atoms with E-state index < -0.39 is 0 Å². The van der Waals surface area contributed by atoms with Crippen LogP contribution in [0.4, 0.5) is 0 Å². The molecule has 16 heavy (non-hydrogen) atoms. The number of benzene rings is 1. The van der Waals surface area contributed by atoms with Crippen molar-refractivity contribution in [3.63, 3.8) is 0 Å². The summed E-state index contributed by atoms with van der Waals surface area (Å²) in [5.41, 5.74) is 5.05. The zero-order valence-corrected chi connectivity index (χ0v) is 10.5.